The van der Waals surface area contributed by atoms with E-state index in [-0.39, 0.29) is 6.04 Å². The molecule has 5 aromatic rings. The summed E-state index contributed by atoms with van der Waals surface area (Å²) in [6.07, 6.45) is 9.08. The number of hydrogen-bond donors (Lipinski definition) is 4. The highest BCUT2D eigenvalue weighted by molar-refractivity contribution is 9.10. The average Bonchev–Trinajstić information content (AvgIpc) is 2.99. The van der Waals surface area contributed by atoms with E-state index >= 15 is 0 Å². The van der Waals surface area contributed by atoms with Crippen LogP contribution in [0.15, 0.2) is 114 Å². The van der Waals surface area contributed by atoms with Crippen LogP contribution in [0.25, 0.3) is 11.0 Å². The van der Waals surface area contributed by atoms with E-state index in [9.17, 15) is 0 Å². The molecule has 0 bridgehead atoms. The van der Waals surface area contributed by atoms with Gasteiger partial charge in [-0.2, -0.15) is 9.97 Å². The van der Waals surface area contributed by atoms with Crippen LogP contribution >= 0.6 is 15.9 Å². The molecule has 0 saturated carbocycles. The van der Waals surface area contributed by atoms with Crippen molar-refractivity contribution in [2.45, 2.75) is 12.5 Å². The second-order valence-corrected chi connectivity index (χ2v) is 10.0. The number of hydrazine groups is 1. The normalized spacial score (nSPS) is 14.2. The van der Waals surface area contributed by atoms with E-state index in [4.69, 9.17) is 25.8 Å². The smallest absolute Gasteiger partial charge is 0.247 e. The Hall–Kier alpha value is -4.80. The first-order chi connectivity index (χ1) is 19.6. The van der Waals surface area contributed by atoms with Crippen molar-refractivity contribution in [3.8, 4) is 0 Å². The third-order valence-corrected chi connectivity index (χ3v) is 6.75. The number of benzene rings is 3. The summed E-state index contributed by atoms with van der Waals surface area (Å²) in [6, 6.07) is 27.3. The van der Waals surface area contributed by atoms with Crippen LogP contribution in [0.3, 0.4) is 0 Å². The van der Waals surface area contributed by atoms with Gasteiger partial charge in [-0.15, -0.1) is 0 Å². The number of halogens is 1. The standard InChI is InChI=1S/C30H26BrN9/c31-20-16-18-24(19-17-20)40(32)30-37-26-25(28(39-30)34-22-12-6-2-7-13-22)36-29(35-23-14-8-3-9-15-23)38-27(26)33-21-10-4-1-5-11-21/h1-10,12-19,21H,11,32H2,(H,34,37,39)(H2,33,35,36,38). The fourth-order valence-electron chi connectivity index (χ4n) is 4.24. The van der Waals surface area contributed by atoms with Crippen molar-refractivity contribution < 1.29 is 0 Å². The summed E-state index contributed by atoms with van der Waals surface area (Å²) in [5, 5.41) is 11.7. The molecule has 1 aliphatic carbocycles. The summed E-state index contributed by atoms with van der Waals surface area (Å²) in [6.45, 7) is 0. The SMILES string of the molecule is NN(c1ccc(Br)cc1)c1nc(Nc2ccccc2)c2nc(Nc3ccccc3)nc(NC3C=CC=CC3)c2n1. The third-order valence-electron chi connectivity index (χ3n) is 6.22. The van der Waals surface area contributed by atoms with Crippen LogP contribution < -0.4 is 26.8 Å². The van der Waals surface area contributed by atoms with Gasteiger partial charge in [0.25, 0.3) is 0 Å². The topological polar surface area (TPSA) is 117 Å². The van der Waals surface area contributed by atoms with E-state index in [0.29, 0.717) is 34.6 Å². The maximum atomic E-state index is 6.56. The minimum Gasteiger partial charge on any atom is -0.362 e. The predicted octanol–water partition coefficient (Wildman–Crippen LogP) is 6.98. The summed E-state index contributed by atoms with van der Waals surface area (Å²) in [5.41, 5.74) is 3.53. The largest absolute Gasteiger partial charge is 0.362 e. The third kappa shape index (κ3) is 5.78. The van der Waals surface area contributed by atoms with Gasteiger partial charge in [0.05, 0.1) is 5.69 Å². The molecule has 6 rings (SSSR count). The Morgan fingerprint density at radius 2 is 1.40 bits per heavy atom. The van der Waals surface area contributed by atoms with E-state index in [1.807, 2.05) is 97.1 Å². The highest BCUT2D eigenvalue weighted by Crippen LogP contribution is 2.32. The lowest BCUT2D eigenvalue weighted by atomic mass is 10.1. The molecule has 40 heavy (non-hydrogen) atoms. The zero-order chi connectivity index (χ0) is 27.3. The van der Waals surface area contributed by atoms with Gasteiger partial charge in [0.15, 0.2) is 11.6 Å². The van der Waals surface area contributed by atoms with Crippen LogP contribution in [0.5, 0.6) is 0 Å². The molecular formula is C30H26BrN9. The second-order valence-electron chi connectivity index (χ2n) is 9.09. The van der Waals surface area contributed by atoms with Gasteiger partial charge in [0, 0.05) is 21.9 Å². The van der Waals surface area contributed by atoms with Gasteiger partial charge in [-0.25, -0.2) is 20.8 Å². The summed E-state index contributed by atoms with van der Waals surface area (Å²) in [7, 11) is 0. The summed E-state index contributed by atoms with van der Waals surface area (Å²) in [4.78, 5) is 19.4. The van der Waals surface area contributed by atoms with Gasteiger partial charge >= 0.3 is 0 Å². The van der Waals surface area contributed by atoms with E-state index in [1.165, 1.54) is 5.01 Å². The molecule has 0 radical (unpaired) electrons. The molecule has 9 nitrogen and oxygen atoms in total. The molecule has 10 heteroatoms. The lowest BCUT2D eigenvalue weighted by Crippen LogP contribution is -2.27. The molecule has 0 spiro atoms. The first kappa shape index (κ1) is 25.5. The molecule has 0 aliphatic heterocycles. The Morgan fingerprint density at radius 1 is 0.725 bits per heavy atom. The number of aromatic nitrogens is 4. The lowest BCUT2D eigenvalue weighted by molar-refractivity contribution is 0.874. The first-order valence-electron chi connectivity index (χ1n) is 12.8. The fraction of sp³-hybridized carbons (Fsp3) is 0.0667. The van der Waals surface area contributed by atoms with E-state index < -0.39 is 0 Å². The van der Waals surface area contributed by atoms with Crippen molar-refractivity contribution in [1.29, 1.82) is 0 Å². The van der Waals surface area contributed by atoms with Gasteiger partial charge in [-0.1, -0.05) is 76.6 Å². The summed E-state index contributed by atoms with van der Waals surface area (Å²) in [5.74, 6) is 8.34. The number of nitrogens with two attached hydrogens (primary N) is 1. The Morgan fingerprint density at radius 3 is 2.08 bits per heavy atom. The second kappa shape index (κ2) is 11.5. The van der Waals surface area contributed by atoms with Crippen LogP contribution in [0.1, 0.15) is 6.42 Å². The van der Waals surface area contributed by atoms with E-state index in [1.54, 1.807) is 0 Å². The molecule has 1 atom stereocenters. The Labute approximate surface area is 240 Å². The lowest BCUT2D eigenvalue weighted by Gasteiger charge is -2.21. The van der Waals surface area contributed by atoms with E-state index in [0.717, 1.165) is 28.0 Å². The number of rotatable bonds is 8. The molecule has 2 heterocycles. The van der Waals surface area contributed by atoms with Crippen molar-refractivity contribution in [2.75, 3.05) is 21.0 Å². The van der Waals surface area contributed by atoms with Crippen LogP contribution in [0.4, 0.5) is 40.6 Å². The highest BCUT2D eigenvalue weighted by Gasteiger charge is 2.21. The Kier molecular flexibility index (Phi) is 7.34. The van der Waals surface area contributed by atoms with Gasteiger partial charge < -0.3 is 16.0 Å². The summed E-state index contributed by atoms with van der Waals surface area (Å²) >= 11 is 3.48. The molecule has 0 saturated heterocycles. The molecule has 1 unspecified atom stereocenters. The van der Waals surface area contributed by atoms with E-state index in [2.05, 4.69) is 44.0 Å². The number of fused-ring (bicyclic) bond motifs is 1. The highest BCUT2D eigenvalue weighted by atomic mass is 79.9. The Bertz CT molecular complexity index is 1670. The number of anilines is 7. The zero-order valence-electron chi connectivity index (χ0n) is 21.4. The van der Waals surface area contributed by atoms with Gasteiger partial charge in [-0.05, 0) is 55.0 Å². The quantitative estimate of drug-likeness (QED) is 0.112. The molecule has 0 amide bonds. The molecule has 198 valence electrons. The molecule has 0 fully saturated rings. The first-order valence-corrected chi connectivity index (χ1v) is 13.6. The number of allylic oxidation sites excluding steroid dienone is 2. The monoisotopic (exact) mass is 591 g/mol. The minimum atomic E-state index is 0.0390. The predicted molar refractivity (Wildman–Crippen MR) is 165 cm³/mol. The number of nitrogens with zero attached hydrogens (tertiary/aromatic N) is 5. The maximum absolute atomic E-state index is 6.56. The van der Waals surface area contributed by atoms with Crippen molar-refractivity contribution >= 4 is 67.6 Å². The average molecular weight is 593 g/mol. The van der Waals surface area contributed by atoms with Gasteiger partial charge in [0.2, 0.25) is 11.9 Å². The maximum Gasteiger partial charge on any atom is 0.247 e. The fourth-order valence-corrected chi connectivity index (χ4v) is 4.51. The van der Waals surface area contributed by atoms with Crippen molar-refractivity contribution in [1.82, 2.24) is 19.9 Å². The van der Waals surface area contributed by atoms with Crippen molar-refractivity contribution in [3.05, 3.63) is 114 Å². The van der Waals surface area contributed by atoms with Gasteiger partial charge in [-0.3, -0.25) is 0 Å². The van der Waals surface area contributed by atoms with Crippen molar-refractivity contribution in [2.24, 2.45) is 5.84 Å². The molecule has 1 aliphatic rings. The molecule has 5 N–H and O–H groups in total. The minimum absolute atomic E-state index is 0.0390. The molecule has 3 aromatic carbocycles. The number of hydrogen-bond acceptors (Lipinski definition) is 9. The summed E-state index contributed by atoms with van der Waals surface area (Å²) < 4.78 is 0.948. The van der Waals surface area contributed by atoms with Crippen LogP contribution in [0, 0.1) is 0 Å². The number of para-hydroxylation sites is 2. The molecular weight excluding hydrogens is 566 g/mol. The Balaban J connectivity index is 1.51. The van der Waals surface area contributed by atoms with Crippen LogP contribution in [-0.4, -0.2) is 26.0 Å². The van der Waals surface area contributed by atoms with Crippen LogP contribution in [-0.2, 0) is 0 Å². The zero-order valence-corrected chi connectivity index (χ0v) is 23.0. The molecule has 2 aromatic heterocycles. The van der Waals surface area contributed by atoms with Gasteiger partial charge in [0.1, 0.15) is 11.0 Å². The van der Waals surface area contributed by atoms with Crippen LogP contribution in [0.2, 0.25) is 0 Å². The number of nitrogens with one attached hydrogen (secondary N) is 3. The van der Waals surface area contributed by atoms with Crippen molar-refractivity contribution in [3.63, 3.8) is 0 Å².